The number of aromatic nitrogens is 2. The summed E-state index contributed by atoms with van der Waals surface area (Å²) in [4.78, 5) is 12.2. The number of carbonyl (C=O) groups is 1. The molecule has 0 saturated heterocycles. The fourth-order valence-electron chi connectivity index (χ4n) is 2.73. The molecule has 27 heavy (non-hydrogen) atoms. The lowest BCUT2D eigenvalue weighted by Gasteiger charge is -2.14. The van der Waals surface area contributed by atoms with Crippen LogP contribution in [0.25, 0.3) is 5.69 Å². The summed E-state index contributed by atoms with van der Waals surface area (Å²) in [5.74, 6) is 0.145. The van der Waals surface area contributed by atoms with Gasteiger partial charge >= 0.3 is 6.03 Å². The molecule has 0 aliphatic rings. The average molecular weight is 368 g/mol. The van der Waals surface area contributed by atoms with Crippen molar-refractivity contribution in [2.45, 2.75) is 20.0 Å². The molecule has 0 aliphatic carbocycles. The number of hydrogen-bond donors (Lipinski definition) is 3. The van der Waals surface area contributed by atoms with Crippen LogP contribution in [-0.4, -0.2) is 27.5 Å². The molecule has 1 atom stereocenters. The van der Waals surface area contributed by atoms with Gasteiger partial charge in [-0.2, -0.15) is 5.10 Å². The zero-order valence-corrected chi connectivity index (χ0v) is 15.1. The lowest BCUT2D eigenvalue weighted by atomic mass is 10.1. The SMILES string of the molecule is Cc1cc(NC(=O)NCC(O)c2ccc(F)cc2)n(-c2ccccc2C)n1. The number of aliphatic hydroxyl groups excluding tert-OH is 1. The number of anilines is 1. The van der Waals surface area contributed by atoms with Crippen LogP contribution in [0.4, 0.5) is 15.0 Å². The summed E-state index contributed by atoms with van der Waals surface area (Å²) in [7, 11) is 0. The van der Waals surface area contributed by atoms with Crippen molar-refractivity contribution in [2.75, 3.05) is 11.9 Å². The molecule has 0 spiro atoms. The molecular formula is C20H21FN4O2. The molecule has 7 heteroatoms. The van der Waals surface area contributed by atoms with Crippen molar-refractivity contribution < 1.29 is 14.3 Å². The average Bonchev–Trinajstić information content (AvgIpc) is 3.00. The molecule has 0 fully saturated rings. The van der Waals surface area contributed by atoms with E-state index in [0.717, 1.165) is 16.9 Å². The smallest absolute Gasteiger partial charge is 0.320 e. The predicted octanol–water partition coefficient (Wildman–Crippen LogP) is 3.48. The van der Waals surface area contributed by atoms with Crippen LogP contribution in [0.3, 0.4) is 0 Å². The summed E-state index contributed by atoms with van der Waals surface area (Å²) in [5, 5.41) is 19.9. The van der Waals surface area contributed by atoms with Gasteiger partial charge in [0.2, 0.25) is 0 Å². The molecule has 1 unspecified atom stereocenters. The normalized spacial score (nSPS) is 11.9. The monoisotopic (exact) mass is 368 g/mol. The maximum Gasteiger partial charge on any atom is 0.320 e. The van der Waals surface area contributed by atoms with Crippen LogP contribution < -0.4 is 10.6 Å². The fourth-order valence-corrected chi connectivity index (χ4v) is 2.73. The van der Waals surface area contributed by atoms with Crippen LogP contribution in [0.1, 0.15) is 22.9 Å². The Morgan fingerprint density at radius 2 is 1.89 bits per heavy atom. The quantitative estimate of drug-likeness (QED) is 0.645. The Hall–Kier alpha value is -3.19. The fraction of sp³-hybridized carbons (Fsp3) is 0.200. The maximum absolute atomic E-state index is 12.9. The summed E-state index contributed by atoms with van der Waals surface area (Å²) < 4.78 is 14.6. The third-order valence-electron chi connectivity index (χ3n) is 4.13. The van der Waals surface area contributed by atoms with Crippen LogP contribution >= 0.6 is 0 Å². The molecule has 3 N–H and O–H groups in total. The maximum atomic E-state index is 12.9. The largest absolute Gasteiger partial charge is 0.387 e. The highest BCUT2D eigenvalue weighted by molar-refractivity contribution is 5.88. The molecule has 0 saturated carbocycles. The van der Waals surface area contributed by atoms with Gasteiger partial charge in [0, 0.05) is 12.6 Å². The van der Waals surface area contributed by atoms with E-state index in [4.69, 9.17) is 0 Å². The Morgan fingerprint density at radius 3 is 2.59 bits per heavy atom. The van der Waals surface area contributed by atoms with E-state index in [-0.39, 0.29) is 12.4 Å². The van der Waals surface area contributed by atoms with Gasteiger partial charge in [0.25, 0.3) is 0 Å². The topological polar surface area (TPSA) is 79.2 Å². The van der Waals surface area contributed by atoms with Crippen molar-refractivity contribution in [1.29, 1.82) is 0 Å². The predicted molar refractivity (Wildman–Crippen MR) is 101 cm³/mol. The highest BCUT2D eigenvalue weighted by atomic mass is 19.1. The molecule has 3 rings (SSSR count). The number of carbonyl (C=O) groups excluding carboxylic acids is 1. The van der Waals surface area contributed by atoms with Crippen LogP contribution in [-0.2, 0) is 0 Å². The van der Waals surface area contributed by atoms with Gasteiger partial charge in [-0.1, -0.05) is 30.3 Å². The van der Waals surface area contributed by atoms with Crippen LogP contribution in [0.15, 0.2) is 54.6 Å². The first-order valence-corrected chi connectivity index (χ1v) is 8.55. The second kappa shape index (κ2) is 8.01. The van der Waals surface area contributed by atoms with Gasteiger partial charge < -0.3 is 10.4 Å². The third-order valence-corrected chi connectivity index (χ3v) is 4.13. The van der Waals surface area contributed by atoms with E-state index in [1.165, 1.54) is 24.3 Å². The standard InChI is InChI=1S/C20H21FN4O2/c1-13-5-3-4-6-17(13)25-19(11-14(2)24-25)23-20(27)22-12-18(26)15-7-9-16(21)10-8-15/h3-11,18,26H,12H2,1-2H3,(H2,22,23,27). The highest BCUT2D eigenvalue weighted by Crippen LogP contribution is 2.20. The van der Waals surface area contributed by atoms with Gasteiger partial charge in [0.15, 0.2) is 0 Å². The number of urea groups is 1. The number of aryl methyl sites for hydroxylation is 2. The molecule has 2 amide bonds. The van der Waals surface area contributed by atoms with Crippen molar-refractivity contribution in [2.24, 2.45) is 0 Å². The molecule has 0 aliphatic heterocycles. The van der Waals surface area contributed by atoms with Gasteiger partial charge in [0.1, 0.15) is 11.6 Å². The molecule has 0 bridgehead atoms. The first-order chi connectivity index (χ1) is 12.9. The first kappa shape index (κ1) is 18.6. The van der Waals surface area contributed by atoms with Crippen LogP contribution in [0.2, 0.25) is 0 Å². The number of para-hydroxylation sites is 1. The number of benzene rings is 2. The second-order valence-electron chi connectivity index (χ2n) is 6.27. The number of halogens is 1. The Balaban J connectivity index is 1.66. The Kier molecular flexibility index (Phi) is 5.52. The molecule has 2 aromatic carbocycles. The van der Waals surface area contributed by atoms with Crippen molar-refractivity contribution in [3.63, 3.8) is 0 Å². The lowest BCUT2D eigenvalue weighted by Crippen LogP contribution is -2.33. The summed E-state index contributed by atoms with van der Waals surface area (Å²) in [5.41, 5.74) is 3.18. The number of aliphatic hydroxyl groups is 1. The van der Waals surface area contributed by atoms with Crippen LogP contribution in [0.5, 0.6) is 0 Å². The van der Waals surface area contributed by atoms with E-state index >= 15 is 0 Å². The molecule has 3 aromatic rings. The number of hydrogen-bond acceptors (Lipinski definition) is 3. The van der Waals surface area contributed by atoms with E-state index in [1.54, 1.807) is 10.7 Å². The van der Waals surface area contributed by atoms with E-state index < -0.39 is 12.1 Å². The van der Waals surface area contributed by atoms with E-state index in [9.17, 15) is 14.3 Å². The van der Waals surface area contributed by atoms with E-state index in [0.29, 0.717) is 11.4 Å². The summed E-state index contributed by atoms with van der Waals surface area (Å²) >= 11 is 0. The number of nitrogens with one attached hydrogen (secondary N) is 2. The van der Waals surface area contributed by atoms with E-state index in [1.807, 2.05) is 38.1 Å². The zero-order valence-electron chi connectivity index (χ0n) is 15.1. The molecule has 0 radical (unpaired) electrons. The van der Waals surface area contributed by atoms with Gasteiger partial charge in [-0.25, -0.2) is 13.9 Å². The van der Waals surface area contributed by atoms with Crippen molar-refractivity contribution in [3.8, 4) is 5.69 Å². The van der Waals surface area contributed by atoms with E-state index in [2.05, 4.69) is 15.7 Å². The molecule has 140 valence electrons. The Morgan fingerprint density at radius 1 is 1.19 bits per heavy atom. The summed E-state index contributed by atoms with van der Waals surface area (Å²) in [6.07, 6.45) is -0.931. The van der Waals surface area contributed by atoms with Gasteiger partial charge in [0.05, 0.1) is 17.5 Å². The highest BCUT2D eigenvalue weighted by Gasteiger charge is 2.14. The minimum atomic E-state index is -0.931. The number of nitrogens with zero attached hydrogens (tertiary/aromatic N) is 2. The molecule has 6 nitrogen and oxygen atoms in total. The van der Waals surface area contributed by atoms with Gasteiger partial charge in [-0.3, -0.25) is 5.32 Å². The minimum absolute atomic E-state index is 0.00501. The second-order valence-corrected chi connectivity index (χ2v) is 6.27. The molecule has 1 heterocycles. The first-order valence-electron chi connectivity index (χ1n) is 8.55. The lowest BCUT2D eigenvalue weighted by molar-refractivity contribution is 0.175. The number of rotatable bonds is 5. The van der Waals surface area contributed by atoms with Gasteiger partial charge in [-0.15, -0.1) is 0 Å². The molecular weight excluding hydrogens is 347 g/mol. The van der Waals surface area contributed by atoms with Crippen molar-refractivity contribution in [1.82, 2.24) is 15.1 Å². The van der Waals surface area contributed by atoms with Crippen molar-refractivity contribution in [3.05, 3.63) is 77.2 Å². The van der Waals surface area contributed by atoms with Crippen LogP contribution in [0, 0.1) is 19.7 Å². The third kappa shape index (κ3) is 4.51. The number of amides is 2. The summed E-state index contributed by atoms with van der Waals surface area (Å²) in [6, 6.07) is 14.5. The summed E-state index contributed by atoms with van der Waals surface area (Å²) in [6.45, 7) is 3.81. The minimum Gasteiger partial charge on any atom is -0.387 e. The zero-order chi connectivity index (χ0) is 19.4. The molecule has 1 aromatic heterocycles. The van der Waals surface area contributed by atoms with Crippen molar-refractivity contribution >= 4 is 11.8 Å². The Bertz CT molecular complexity index is 937. The van der Waals surface area contributed by atoms with Gasteiger partial charge in [-0.05, 0) is 43.2 Å². The Labute approximate surface area is 156 Å².